The summed E-state index contributed by atoms with van der Waals surface area (Å²) in [5.74, 6) is 0. The van der Waals surface area contributed by atoms with Crippen molar-refractivity contribution in [2.75, 3.05) is 7.11 Å². The third-order valence-corrected chi connectivity index (χ3v) is 4.68. The first kappa shape index (κ1) is 14.5. The van der Waals surface area contributed by atoms with E-state index in [1.807, 2.05) is 0 Å². The molecule has 1 aromatic carbocycles. The zero-order valence-corrected chi connectivity index (χ0v) is 12.5. The van der Waals surface area contributed by atoms with Crippen LogP contribution in [0.4, 0.5) is 0 Å². The van der Waals surface area contributed by atoms with Crippen LogP contribution in [0.3, 0.4) is 0 Å². The lowest BCUT2D eigenvalue weighted by Crippen LogP contribution is -2.16. The van der Waals surface area contributed by atoms with E-state index in [9.17, 15) is 0 Å². The first-order chi connectivity index (χ1) is 7.99. The molecular formula is C15H25OP. The molecular weight excluding hydrogens is 227 g/mol. The van der Waals surface area contributed by atoms with Crippen LogP contribution in [-0.2, 0) is 16.1 Å². The summed E-state index contributed by atoms with van der Waals surface area (Å²) in [7, 11) is 0.861. The molecule has 2 heteroatoms. The number of benzene rings is 1. The van der Waals surface area contributed by atoms with Gasteiger partial charge >= 0.3 is 0 Å². The van der Waals surface area contributed by atoms with Crippen molar-refractivity contribution < 1.29 is 4.52 Å². The lowest BCUT2D eigenvalue weighted by atomic mass is 9.80. The molecule has 1 nitrogen and oxygen atoms in total. The zero-order chi connectivity index (χ0) is 12.9. The molecule has 0 saturated heterocycles. The van der Waals surface area contributed by atoms with Crippen LogP contribution in [0.5, 0.6) is 0 Å². The SMILES string of the molecule is C=[PH](Cc1ccc(C(C)(C)CCC)cc1)OC. The van der Waals surface area contributed by atoms with Gasteiger partial charge in [0.15, 0.2) is 0 Å². The third-order valence-electron chi connectivity index (χ3n) is 3.30. The number of hydrogen-bond acceptors (Lipinski definition) is 1. The van der Waals surface area contributed by atoms with Crippen molar-refractivity contribution in [3.8, 4) is 0 Å². The van der Waals surface area contributed by atoms with Crippen LogP contribution in [0.15, 0.2) is 24.3 Å². The molecule has 0 fully saturated rings. The van der Waals surface area contributed by atoms with Crippen molar-refractivity contribution in [3.05, 3.63) is 35.4 Å². The fraction of sp³-hybridized carbons (Fsp3) is 0.533. The van der Waals surface area contributed by atoms with Crippen molar-refractivity contribution in [3.63, 3.8) is 0 Å². The minimum atomic E-state index is -0.889. The summed E-state index contributed by atoms with van der Waals surface area (Å²) in [6.45, 7) is 6.88. The second-order valence-corrected chi connectivity index (χ2v) is 7.09. The summed E-state index contributed by atoms with van der Waals surface area (Å²) in [6, 6.07) is 8.97. The van der Waals surface area contributed by atoms with Crippen LogP contribution in [-0.4, -0.2) is 13.4 Å². The van der Waals surface area contributed by atoms with Gasteiger partial charge in [-0.05, 0) is 30.7 Å². The van der Waals surface area contributed by atoms with Crippen molar-refractivity contribution in [2.45, 2.75) is 45.2 Å². The molecule has 1 atom stereocenters. The maximum absolute atomic E-state index is 5.28. The van der Waals surface area contributed by atoms with Crippen LogP contribution in [0.2, 0.25) is 0 Å². The fourth-order valence-corrected chi connectivity index (χ4v) is 2.98. The van der Waals surface area contributed by atoms with Crippen molar-refractivity contribution in [1.82, 2.24) is 0 Å². The largest absolute Gasteiger partial charge is 0.368 e. The van der Waals surface area contributed by atoms with Gasteiger partial charge in [-0.3, -0.25) is 0 Å². The Morgan fingerprint density at radius 1 is 1.24 bits per heavy atom. The average Bonchev–Trinajstić information content (AvgIpc) is 2.29. The topological polar surface area (TPSA) is 9.23 Å². The second-order valence-electron chi connectivity index (χ2n) is 5.25. The summed E-state index contributed by atoms with van der Waals surface area (Å²) in [4.78, 5) is 0. The minimum Gasteiger partial charge on any atom is -0.368 e. The second kappa shape index (κ2) is 6.42. The van der Waals surface area contributed by atoms with Crippen molar-refractivity contribution in [2.24, 2.45) is 0 Å². The molecule has 0 radical (unpaired) electrons. The Hall–Kier alpha value is -0.520. The lowest BCUT2D eigenvalue weighted by molar-refractivity contribution is 0.471. The third kappa shape index (κ3) is 4.33. The molecule has 0 spiro atoms. The summed E-state index contributed by atoms with van der Waals surface area (Å²) < 4.78 is 5.28. The van der Waals surface area contributed by atoms with E-state index in [1.54, 1.807) is 7.11 Å². The lowest BCUT2D eigenvalue weighted by Gasteiger charge is -2.25. The summed E-state index contributed by atoms with van der Waals surface area (Å²) >= 11 is 0. The molecule has 0 aliphatic carbocycles. The van der Waals surface area contributed by atoms with Gasteiger partial charge in [-0.15, -0.1) is 0 Å². The Morgan fingerprint density at radius 2 is 1.82 bits per heavy atom. The quantitative estimate of drug-likeness (QED) is 0.679. The van der Waals surface area contributed by atoms with Gasteiger partial charge < -0.3 is 4.52 Å². The highest BCUT2D eigenvalue weighted by Crippen LogP contribution is 2.30. The highest BCUT2D eigenvalue weighted by molar-refractivity contribution is 7.49. The van der Waals surface area contributed by atoms with Gasteiger partial charge in [0.2, 0.25) is 0 Å². The molecule has 0 amide bonds. The maximum Gasteiger partial charge on any atom is 0.0393 e. The van der Waals surface area contributed by atoms with E-state index in [4.69, 9.17) is 4.52 Å². The number of rotatable bonds is 6. The van der Waals surface area contributed by atoms with Gasteiger partial charge in [-0.25, -0.2) is 0 Å². The molecule has 96 valence electrons. The first-order valence-electron chi connectivity index (χ1n) is 6.31. The predicted octanol–water partition coefficient (Wildman–Crippen LogP) is 4.47. The standard InChI is InChI=1S/C15H25OP/c1-6-11-15(2,3)14-9-7-13(8-10-14)12-17(5)16-4/h7-10,17H,5-6,11-12H2,1-4H3. The molecule has 0 N–H and O–H groups in total. The molecule has 0 aromatic heterocycles. The summed E-state index contributed by atoms with van der Waals surface area (Å²) in [5.41, 5.74) is 3.05. The Labute approximate surface area is 107 Å². The van der Waals surface area contributed by atoms with E-state index >= 15 is 0 Å². The van der Waals surface area contributed by atoms with Crippen LogP contribution in [0, 0.1) is 0 Å². The molecule has 1 rings (SSSR count). The van der Waals surface area contributed by atoms with Gasteiger partial charge in [0, 0.05) is 13.3 Å². The Morgan fingerprint density at radius 3 is 2.29 bits per heavy atom. The fourth-order valence-electron chi connectivity index (χ4n) is 2.14. The number of hydrogen-bond donors (Lipinski definition) is 0. The van der Waals surface area contributed by atoms with Crippen LogP contribution < -0.4 is 0 Å². The van der Waals surface area contributed by atoms with Crippen LogP contribution in [0.25, 0.3) is 0 Å². The first-order valence-corrected chi connectivity index (χ1v) is 8.13. The Bertz CT molecular complexity index is 365. The maximum atomic E-state index is 5.28. The monoisotopic (exact) mass is 252 g/mol. The van der Waals surface area contributed by atoms with Gasteiger partial charge in [0.05, 0.1) is 0 Å². The van der Waals surface area contributed by atoms with Gasteiger partial charge in [0.25, 0.3) is 0 Å². The van der Waals surface area contributed by atoms with E-state index in [1.165, 1.54) is 24.0 Å². The van der Waals surface area contributed by atoms with E-state index in [2.05, 4.69) is 51.3 Å². The van der Waals surface area contributed by atoms with Crippen LogP contribution >= 0.6 is 7.77 Å². The van der Waals surface area contributed by atoms with E-state index in [0.29, 0.717) is 0 Å². The average molecular weight is 252 g/mol. The Kier molecular flexibility index (Phi) is 5.49. The summed E-state index contributed by atoms with van der Waals surface area (Å²) in [6.07, 6.45) is 7.47. The van der Waals surface area contributed by atoms with Gasteiger partial charge in [-0.1, -0.05) is 57.8 Å². The molecule has 0 aliphatic heterocycles. The van der Waals surface area contributed by atoms with Crippen LogP contribution in [0.1, 0.15) is 44.7 Å². The molecule has 0 saturated carbocycles. The molecule has 1 unspecified atom stereocenters. The normalized spacial score (nSPS) is 13.6. The summed E-state index contributed by atoms with van der Waals surface area (Å²) in [5, 5.41) is 0. The van der Waals surface area contributed by atoms with Gasteiger partial charge in [-0.2, -0.15) is 0 Å². The molecule has 17 heavy (non-hydrogen) atoms. The molecule has 1 aromatic rings. The van der Waals surface area contributed by atoms with E-state index in [0.717, 1.165) is 6.16 Å². The Balaban J connectivity index is 2.77. The smallest absolute Gasteiger partial charge is 0.0393 e. The van der Waals surface area contributed by atoms with E-state index in [-0.39, 0.29) is 5.41 Å². The van der Waals surface area contributed by atoms with Gasteiger partial charge in [0.1, 0.15) is 0 Å². The van der Waals surface area contributed by atoms with Crippen molar-refractivity contribution in [1.29, 1.82) is 0 Å². The van der Waals surface area contributed by atoms with Crippen molar-refractivity contribution >= 4 is 14.1 Å². The molecule has 0 heterocycles. The minimum absolute atomic E-state index is 0.285. The highest BCUT2D eigenvalue weighted by Gasteiger charge is 2.18. The van der Waals surface area contributed by atoms with E-state index < -0.39 is 7.77 Å². The highest BCUT2D eigenvalue weighted by atomic mass is 31.1. The predicted molar refractivity (Wildman–Crippen MR) is 80.5 cm³/mol. The molecule has 0 bridgehead atoms. The zero-order valence-electron chi connectivity index (χ0n) is 11.5. The molecule has 0 aliphatic rings.